The molecule has 0 amide bonds. The van der Waals surface area contributed by atoms with E-state index in [0.717, 1.165) is 5.75 Å². The average Bonchev–Trinajstić information content (AvgIpc) is 2.57. The summed E-state index contributed by atoms with van der Waals surface area (Å²) in [5, 5.41) is 0. The second-order valence-electron chi connectivity index (χ2n) is 6.86. The molecule has 0 aliphatic heterocycles. The molecular formula is C20H26O5S. The Labute approximate surface area is 156 Å². The smallest absolute Gasteiger partial charge is 0.314 e. The Morgan fingerprint density at radius 2 is 1.27 bits per heavy atom. The van der Waals surface area contributed by atoms with Crippen LogP contribution in [-0.2, 0) is 10.1 Å². The van der Waals surface area contributed by atoms with Crippen molar-refractivity contribution in [2.75, 3.05) is 0 Å². The molecule has 0 aliphatic carbocycles. The van der Waals surface area contributed by atoms with Crippen LogP contribution in [0.25, 0.3) is 0 Å². The number of benzene rings is 2. The van der Waals surface area contributed by atoms with Crippen molar-refractivity contribution in [1.82, 2.24) is 0 Å². The maximum Gasteiger partial charge on any atom is 0.314 e. The SMILES string of the molecule is CCC(C)(C)S(=O)(=O)Oc1ccc(Oc2ccc(OC(C)C)cc2)cc1. The van der Waals surface area contributed by atoms with Gasteiger partial charge in [-0.05, 0) is 82.6 Å². The Morgan fingerprint density at radius 1 is 0.846 bits per heavy atom. The van der Waals surface area contributed by atoms with Crippen molar-refractivity contribution in [2.45, 2.75) is 51.9 Å². The Kier molecular flexibility index (Phi) is 6.18. The fraction of sp³-hybridized carbons (Fsp3) is 0.400. The predicted molar refractivity (Wildman–Crippen MR) is 103 cm³/mol. The number of ether oxygens (including phenoxy) is 2. The van der Waals surface area contributed by atoms with Crippen LogP contribution in [0, 0.1) is 0 Å². The third kappa shape index (κ3) is 5.14. The van der Waals surface area contributed by atoms with Crippen LogP contribution in [0.15, 0.2) is 48.5 Å². The van der Waals surface area contributed by atoms with Gasteiger partial charge in [-0.25, -0.2) is 0 Å². The lowest BCUT2D eigenvalue weighted by molar-refractivity contribution is 0.242. The van der Waals surface area contributed by atoms with Gasteiger partial charge in [0.2, 0.25) is 0 Å². The minimum Gasteiger partial charge on any atom is -0.491 e. The first-order valence-electron chi connectivity index (χ1n) is 8.61. The average molecular weight is 378 g/mol. The molecule has 0 heterocycles. The summed E-state index contributed by atoms with van der Waals surface area (Å²) < 4.78 is 40.2. The first kappa shape index (κ1) is 20.1. The minimum atomic E-state index is -3.70. The van der Waals surface area contributed by atoms with Crippen LogP contribution < -0.4 is 13.7 Å². The highest BCUT2D eigenvalue weighted by Gasteiger charge is 2.34. The molecule has 0 N–H and O–H groups in total. The van der Waals surface area contributed by atoms with E-state index in [2.05, 4.69) is 0 Å². The molecule has 0 unspecified atom stereocenters. The molecule has 2 aromatic carbocycles. The second kappa shape index (κ2) is 7.99. The number of rotatable bonds is 8. The molecule has 6 heteroatoms. The van der Waals surface area contributed by atoms with E-state index in [9.17, 15) is 8.42 Å². The third-order valence-corrected chi connectivity index (χ3v) is 6.04. The Hall–Kier alpha value is -2.21. The molecule has 0 fully saturated rings. The predicted octanol–water partition coefficient (Wildman–Crippen LogP) is 5.16. The van der Waals surface area contributed by atoms with Crippen molar-refractivity contribution in [3.05, 3.63) is 48.5 Å². The van der Waals surface area contributed by atoms with Crippen molar-refractivity contribution < 1.29 is 22.1 Å². The van der Waals surface area contributed by atoms with Crippen LogP contribution in [0.2, 0.25) is 0 Å². The van der Waals surface area contributed by atoms with Crippen molar-refractivity contribution in [1.29, 1.82) is 0 Å². The van der Waals surface area contributed by atoms with Crippen LogP contribution in [0.1, 0.15) is 41.0 Å². The molecule has 0 aliphatic rings. The van der Waals surface area contributed by atoms with E-state index in [1.165, 1.54) is 0 Å². The van der Waals surface area contributed by atoms with Gasteiger partial charge >= 0.3 is 10.1 Å². The number of hydrogen-bond donors (Lipinski definition) is 0. The quantitative estimate of drug-likeness (QED) is 0.594. The molecule has 0 saturated heterocycles. The van der Waals surface area contributed by atoms with Crippen molar-refractivity contribution >= 4 is 10.1 Å². The first-order chi connectivity index (χ1) is 12.1. The van der Waals surface area contributed by atoms with Gasteiger partial charge in [0, 0.05) is 0 Å². The zero-order valence-corrected chi connectivity index (χ0v) is 16.7. The van der Waals surface area contributed by atoms with Gasteiger partial charge in [0.1, 0.15) is 27.7 Å². The molecule has 0 spiro atoms. The van der Waals surface area contributed by atoms with E-state index < -0.39 is 14.9 Å². The summed E-state index contributed by atoms with van der Waals surface area (Å²) in [6.45, 7) is 9.04. The largest absolute Gasteiger partial charge is 0.491 e. The molecule has 2 aromatic rings. The summed E-state index contributed by atoms with van der Waals surface area (Å²) in [5.41, 5.74) is 0. The van der Waals surface area contributed by atoms with Gasteiger partial charge in [-0.3, -0.25) is 0 Å². The van der Waals surface area contributed by atoms with Crippen LogP contribution >= 0.6 is 0 Å². The van der Waals surface area contributed by atoms with Crippen molar-refractivity contribution in [2.24, 2.45) is 0 Å². The van der Waals surface area contributed by atoms with E-state index >= 15 is 0 Å². The zero-order chi connectivity index (χ0) is 19.4. The van der Waals surface area contributed by atoms with Gasteiger partial charge in [-0.2, -0.15) is 8.42 Å². The molecule has 0 aromatic heterocycles. The van der Waals surface area contributed by atoms with Gasteiger partial charge in [-0.1, -0.05) is 6.92 Å². The highest BCUT2D eigenvalue weighted by atomic mass is 32.2. The van der Waals surface area contributed by atoms with E-state index in [1.807, 2.05) is 45.0 Å². The summed E-state index contributed by atoms with van der Waals surface area (Å²) in [6.07, 6.45) is 0.579. The standard InChI is InChI=1S/C20H26O5S/c1-6-20(4,5)26(21,22)25-19-13-11-18(12-14-19)24-17-9-7-16(8-10-17)23-15(2)3/h7-15H,6H2,1-5H3. The maximum atomic E-state index is 12.3. The van der Waals surface area contributed by atoms with Crippen LogP contribution in [0.5, 0.6) is 23.0 Å². The molecule has 142 valence electrons. The van der Waals surface area contributed by atoms with E-state index in [1.54, 1.807) is 38.1 Å². The van der Waals surface area contributed by atoms with E-state index in [0.29, 0.717) is 17.9 Å². The van der Waals surface area contributed by atoms with E-state index in [-0.39, 0.29) is 11.9 Å². The highest BCUT2D eigenvalue weighted by Crippen LogP contribution is 2.28. The number of hydrogen-bond acceptors (Lipinski definition) is 5. The normalized spacial score (nSPS) is 12.1. The molecule has 0 saturated carbocycles. The van der Waals surface area contributed by atoms with Crippen LogP contribution in [0.4, 0.5) is 0 Å². The van der Waals surface area contributed by atoms with Crippen molar-refractivity contribution in [3.63, 3.8) is 0 Å². The topological polar surface area (TPSA) is 61.8 Å². The molecule has 26 heavy (non-hydrogen) atoms. The highest BCUT2D eigenvalue weighted by molar-refractivity contribution is 7.88. The second-order valence-corrected chi connectivity index (χ2v) is 9.04. The lowest BCUT2D eigenvalue weighted by atomic mass is 10.1. The Balaban J connectivity index is 2.03. The Morgan fingerprint density at radius 3 is 1.69 bits per heavy atom. The molecular weight excluding hydrogens is 352 g/mol. The maximum absolute atomic E-state index is 12.3. The molecule has 2 rings (SSSR count). The Bertz CT molecular complexity index is 806. The zero-order valence-electron chi connectivity index (χ0n) is 15.9. The fourth-order valence-corrected chi connectivity index (χ4v) is 2.92. The summed E-state index contributed by atoms with van der Waals surface area (Å²) in [6, 6.07) is 13.8. The van der Waals surface area contributed by atoms with Gasteiger partial charge in [0.25, 0.3) is 0 Å². The van der Waals surface area contributed by atoms with Crippen LogP contribution in [0.3, 0.4) is 0 Å². The first-order valence-corrected chi connectivity index (χ1v) is 10.0. The van der Waals surface area contributed by atoms with Gasteiger partial charge in [-0.15, -0.1) is 0 Å². The van der Waals surface area contributed by atoms with Crippen LogP contribution in [-0.4, -0.2) is 19.3 Å². The molecule has 5 nitrogen and oxygen atoms in total. The third-order valence-electron chi connectivity index (χ3n) is 3.99. The lowest BCUT2D eigenvalue weighted by Crippen LogP contribution is -2.34. The van der Waals surface area contributed by atoms with Crippen molar-refractivity contribution in [3.8, 4) is 23.0 Å². The molecule has 0 atom stereocenters. The van der Waals surface area contributed by atoms with Gasteiger partial charge < -0.3 is 13.7 Å². The monoisotopic (exact) mass is 378 g/mol. The van der Waals surface area contributed by atoms with E-state index in [4.69, 9.17) is 13.7 Å². The lowest BCUT2D eigenvalue weighted by Gasteiger charge is -2.22. The fourth-order valence-electron chi connectivity index (χ4n) is 1.97. The summed E-state index contributed by atoms with van der Waals surface area (Å²) in [5.74, 6) is 2.29. The van der Waals surface area contributed by atoms with Gasteiger partial charge in [0.15, 0.2) is 0 Å². The summed E-state index contributed by atoms with van der Waals surface area (Å²) >= 11 is 0. The molecule has 0 bridgehead atoms. The molecule has 0 radical (unpaired) electrons. The summed E-state index contributed by atoms with van der Waals surface area (Å²) in [4.78, 5) is 0. The minimum absolute atomic E-state index is 0.114. The summed E-state index contributed by atoms with van der Waals surface area (Å²) in [7, 11) is -3.70. The van der Waals surface area contributed by atoms with Gasteiger partial charge in [0.05, 0.1) is 6.10 Å².